The number of hydrogen-bond acceptors (Lipinski definition) is 5. The fraction of sp³-hybridized carbons (Fsp3) is 0.211. The van der Waals surface area contributed by atoms with Gasteiger partial charge in [-0.3, -0.25) is 4.79 Å². The minimum absolute atomic E-state index is 0.225. The molecule has 3 rings (SSSR count). The molecule has 2 heterocycles. The highest BCUT2D eigenvalue weighted by Crippen LogP contribution is 2.29. The number of rotatable bonds is 6. The Bertz CT molecular complexity index is 882. The molecule has 134 valence electrons. The lowest BCUT2D eigenvalue weighted by Gasteiger charge is -2.13. The molecule has 2 aromatic heterocycles. The standard InChI is InChI=1S/C19H20N4O3/c1-13-16(25-2)10-15(11-17(13)26-3)19(24)21-12-14-6-4-7-20-18(14)23-9-5-8-22-23/h4-11H,12H2,1-3H3,(H,21,24). The van der Waals surface area contributed by atoms with Gasteiger partial charge in [0.05, 0.1) is 14.2 Å². The maximum absolute atomic E-state index is 12.6. The summed E-state index contributed by atoms with van der Waals surface area (Å²) in [4.78, 5) is 16.9. The van der Waals surface area contributed by atoms with Crippen LogP contribution < -0.4 is 14.8 Å². The van der Waals surface area contributed by atoms with E-state index in [1.54, 1.807) is 43.4 Å². The van der Waals surface area contributed by atoms with Gasteiger partial charge >= 0.3 is 0 Å². The molecule has 0 fully saturated rings. The van der Waals surface area contributed by atoms with Crippen molar-refractivity contribution in [2.75, 3.05) is 14.2 Å². The molecule has 0 radical (unpaired) electrons. The third-order valence-corrected chi connectivity index (χ3v) is 4.04. The van der Waals surface area contributed by atoms with Crippen LogP contribution in [0.25, 0.3) is 5.82 Å². The number of methoxy groups -OCH3 is 2. The largest absolute Gasteiger partial charge is 0.496 e. The highest BCUT2D eigenvalue weighted by molar-refractivity contribution is 5.95. The summed E-state index contributed by atoms with van der Waals surface area (Å²) in [7, 11) is 3.13. The van der Waals surface area contributed by atoms with E-state index in [9.17, 15) is 4.79 Å². The lowest BCUT2D eigenvalue weighted by atomic mass is 10.1. The fourth-order valence-corrected chi connectivity index (χ4v) is 2.66. The molecular formula is C19H20N4O3. The third-order valence-electron chi connectivity index (χ3n) is 4.04. The second-order valence-corrected chi connectivity index (χ2v) is 5.63. The predicted octanol–water partition coefficient (Wildman–Crippen LogP) is 2.52. The van der Waals surface area contributed by atoms with Crippen molar-refractivity contribution in [3.8, 4) is 17.3 Å². The quantitative estimate of drug-likeness (QED) is 0.737. The van der Waals surface area contributed by atoms with Gasteiger partial charge in [0, 0.05) is 41.8 Å². The predicted molar refractivity (Wildman–Crippen MR) is 96.8 cm³/mol. The van der Waals surface area contributed by atoms with Crippen molar-refractivity contribution in [2.24, 2.45) is 0 Å². The molecule has 0 unspecified atom stereocenters. The van der Waals surface area contributed by atoms with Crippen molar-refractivity contribution in [3.63, 3.8) is 0 Å². The Morgan fingerprint density at radius 3 is 2.50 bits per heavy atom. The summed E-state index contributed by atoms with van der Waals surface area (Å²) in [6.45, 7) is 2.20. The van der Waals surface area contributed by atoms with Crippen molar-refractivity contribution < 1.29 is 14.3 Å². The van der Waals surface area contributed by atoms with E-state index in [-0.39, 0.29) is 5.91 Å². The molecule has 0 aliphatic carbocycles. The van der Waals surface area contributed by atoms with Crippen LogP contribution in [0.5, 0.6) is 11.5 Å². The number of aromatic nitrogens is 3. The molecule has 0 aliphatic rings. The normalized spacial score (nSPS) is 10.4. The van der Waals surface area contributed by atoms with E-state index in [0.29, 0.717) is 29.4 Å². The van der Waals surface area contributed by atoms with Gasteiger partial charge < -0.3 is 14.8 Å². The van der Waals surface area contributed by atoms with Gasteiger partial charge in [-0.15, -0.1) is 0 Å². The Labute approximate surface area is 151 Å². The van der Waals surface area contributed by atoms with Crippen LogP contribution in [-0.2, 0) is 6.54 Å². The molecule has 7 heteroatoms. The van der Waals surface area contributed by atoms with Crippen LogP contribution >= 0.6 is 0 Å². The van der Waals surface area contributed by atoms with Gasteiger partial charge in [0.15, 0.2) is 5.82 Å². The molecule has 0 bridgehead atoms. The van der Waals surface area contributed by atoms with E-state index in [0.717, 1.165) is 11.1 Å². The maximum atomic E-state index is 12.6. The Hall–Kier alpha value is -3.35. The van der Waals surface area contributed by atoms with E-state index < -0.39 is 0 Å². The number of pyridine rings is 1. The molecule has 0 atom stereocenters. The number of nitrogens with zero attached hydrogens (tertiary/aromatic N) is 3. The van der Waals surface area contributed by atoms with Crippen LogP contribution in [0.3, 0.4) is 0 Å². The number of benzene rings is 1. The second-order valence-electron chi connectivity index (χ2n) is 5.63. The molecule has 26 heavy (non-hydrogen) atoms. The van der Waals surface area contributed by atoms with Gasteiger partial charge in [0.2, 0.25) is 0 Å². The lowest BCUT2D eigenvalue weighted by molar-refractivity contribution is 0.0950. The highest BCUT2D eigenvalue weighted by Gasteiger charge is 2.14. The zero-order valence-electron chi connectivity index (χ0n) is 14.9. The Balaban J connectivity index is 1.80. The van der Waals surface area contributed by atoms with Crippen LogP contribution in [0.4, 0.5) is 0 Å². The van der Waals surface area contributed by atoms with Crippen LogP contribution in [0, 0.1) is 6.92 Å². The smallest absolute Gasteiger partial charge is 0.251 e. The first-order valence-electron chi connectivity index (χ1n) is 8.08. The van der Waals surface area contributed by atoms with Gasteiger partial charge in [0.1, 0.15) is 11.5 Å². The van der Waals surface area contributed by atoms with Crippen LogP contribution in [0.15, 0.2) is 48.9 Å². The highest BCUT2D eigenvalue weighted by atomic mass is 16.5. The molecular weight excluding hydrogens is 332 g/mol. The minimum Gasteiger partial charge on any atom is -0.496 e. The Morgan fingerprint density at radius 1 is 1.15 bits per heavy atom. The molecule has 0 spiro atoms. The van der Waals surface area contributed by atoms with Crippen molar-refractivity contribution in [1.82, 2.24) is 20.1 Å². The van der Waals surface area contributed by atoms with Gasteiger partial charge in [-0.05, 0) is 31.2 Å². The summed E-state index contributed by atoms with van der Waals surface area (Å²) in [5, 5.41) is 7.10. The Morgan fingerprint density at radius 2 is 1.88 bits per heavy atom. The zero-order valence-corrected chi connectivity index (χ0v) is 14.9. The lowest BCUT2D eigenvalue weighted by Crippen LogP contribution is -2.24. The number of carbonyl (C=O) groups is 1. The number of ether oxygens (including phenoxy) is 2. The van der Waals surface area contributed by atoms with E-state index in [1.807, 2.05) is 31.3 Å². The summed E-state index contributed by atoms with van der Waals surface area (Å²) in [5.41, 5.74) is 2.17. The molecule has 3 aromatic rings. The topological polar surface area (TPSA) is 78.3 Å². The van der Waals surface area contributed by atoms with Crippen molar-refractivity contribution >= 4 is 5.91 Å². The molecule has 1 aromatic carbocycles. The average molecular weight is 352 g/mol. The second kappa shape index (κ2) is 7.69. The fourth-order valence-electron chi connectivity index (χ4n) is 2.66. The summed E-state index contributed by atoms with van der Waals surface area (Å²) < 4.78 is 12.3. The molecule has 7 nitrogen and oxygen atoms in total. The van der Waals surface area contributed by atoms with Gasteiger partial charge in [-0.25, -0.2) is 9.67 Å². The van der Waals surface area contributed by atoms with Crippen molar-refractivity contribution in [1.29, 1.82) is 0 Å². The van der Waals surface area contributed by atoms with Gasteiger partial charge in [-0.2, -0.15) is 5.10 Å². The number of carbonyl (C=O) groups excluding carboxylic acids is 1. The first kappa shape index (κ1) is 17.5. The third kappa shape index (κ3) is 3.51. The van der Waals surface area contributed by atoms with Crippen molar-refractivity contribution in [2.45, 2.75) is 13.5 Å². The summed E-state index contributed by atoms with van der Waals surface area (Å²) in [6.07, 6.45) is 5.18. The number of hydrogen-bond donors (Lipinski definition) is 1. The molecule has 1 amide bonds. The SMILES string of the molecule is COc1cc(C(=O)NCc2cccnc2-n2cccn2)cc(OC)c1C. The minimum atomic E-state index is -0.225. The molecule has 0 saturated heterocycles. The van der Waals surface area contributed by atoms with Crippen LogP contribution in [0.1, 0.15) is 21.5 Å². The summed E-state index contributed by atoms with van der Waals surface area (Å²) >= 11 is 0. The van der Waals surface area contributed by atoms with Gasteiger partial charge in [0.25, 0.3) is 5.91 Å². The monoisotopic (exact) mass is 352 g/mol. The zero-order chi connectivity index (χ0) is 18.5. The number of nitrogens with one attached hydrogen (secondary N) is 1. The van der Waals surface area contributed by atoms with Crippen LogP contribution in [0.2, 0.25) is 0 Å². The Kier molecular flexibility index (Phi) is 5.17. The first-order chi connectivity index (χ1) is 12.6. The summed E-state index contributed by atoms with van der Waals surface area (Å²) in [5.74, 6) is 1.66. The maximum Gasteiger partial charge on any atom is 0.251 e. The number of amides is 1. The first-order valence-corrected chi connectivity index (χ1v) is 8.08. The van der Waals surface area contributed by atoms with Crippen LogP contribution in [-0.4, -0.2) is 34.9 Å². The molecule has 1 N–H and O–H groups in total. The van der Waals surface area contributed by atoms with Crippen molar-refractivity contribution in [3.05, 3.63) is 65.6 Å². The van der Waals surface area contributed by atoms with Gasteiger partial charge in [-0.1, -0.05) is 6.07 Å². The van der Waals surface area contributed by atoms with E-state index >= 15 is 0 Å². The van der Waals surface area contributed by atoms with E-state index in [2.05, 4.69) is 15.4 Å². The average Bonchev–Trinajstić information content (AvgIpc) is 3.21. The molecule has 0 saturated carbocycles. The summed E-state index contributed by atoms with van der Waals surface area (Å²) in [6, 6.07) is 8.95. The van der Waals surface area contributed by atoms with E-state index in [1.165, 1.54) is 0 Å². The molecule has 0 aliphatic heterocycles. The van der Waals surface area contributed by atoms with E-state index in [4.69, 9.17) is 9.47 Å².